The average Bonchev–Trinajstić information content (AvgIpc) is 2.35. The van der Waals surface area contributed by atoms with E-state index in [1.165, 1.54) is 45.0 Å². The number of Topliss-reactive ketones (excluding diaryl/α,β-unsaturated/α-hetero) is 1. The van der Waals surface area contributed by atoms with Crippen LogP contribution in [-0.2, 0) is 0 Å². The number of hydrogen-bond donors (Lipinski definition) is 1. The Kier molecular flexibility index (Phi) is 5.34. The van der Waals surface area contributed by atoms with Gasteiger partial charge in [0.2, 0.25) is 0 Å². The molecule has 0 aromatic heterocycles. The van der Waals surface area contributed by atoms with E-state index in [-0.39, 0.29) is 5.78 Å². The van der Waals surface area contributed by atoms with Crippen molar-refractivity contribution in [1.29, 1.82) is 0 Å². The molecule has 1 aromatic rings. The number of anilines is 1. The molecule has 0 aliphatic heterocycles. The van der Waals surface area contributed by atoms with Crippen molar-refractivity contribution in [3.05, 3.63) is 29.8 Å². The summed E-state index contributed by atoms with van der Waals surface area (Å²) in [5, 5.41) is 2.39. The van der Waals surface area contributed by atoms with E-state index in [0.717, 1.165) is 0 Å². The highest BCUT2D eigenvalue weighted by molar-refractivity contribution is 5.95. The van der Waals surface area contributed by atoms with Gasteiger partial charge >= 0.3 is 12.2 Å². The molecule has 1 aromatic carbocycles. The number of amides is 2. The van der Waals surface area contributed by atoms with Gasteiger partial charge in [0.05, 0.1) is 0 Å². The van der Waals surface area contributed by atoms with Gasteiger partial charge in [-0.1, -0.05) is 0 Å². The lowest BCUT2D eigenvalue weighted by Gasteiger charge is -2.27. The molecule has 0 atom stereocenters. The molecular formula is C14H17F3N2O2. The van der Waals surface area contributed by atoms with Gasteiger partial charge in [0.15, 0.2) is 5.78 Å². The highest BCUT2D eigenvalue weighted by Crippen LogP contribution is 2.19. The Bertz CT molecular complexity index is 510. The van der Waals surface area contributed by atoms with Crippen LogP contribution in [0.15, 0.2) is 24.3 Å². The van der Waals surface area contributed by atoms with Gasteiger partial charge in [0.25, 0.3) is 0 Å². The first-order valence-corrected chi connectivity index (χ1v) is 6.35. The van der Waals surface area contributed by atoms with E-state index in [9.17, 15) is 22.8 Å². The van der Waals surface area contributed by atoms with Crippen LogP contribution in [0, 0.1) is 0 Å². The molecule has 0 saturated heterocycles. The molecule has 2 amide bonds. The van der Waals surface area contributed by atoms with Crippen molar-refractivity contribution in [3.8, 4) is 0 Å². The smallest absolute Gasteiger partial charge is 0.313 e. The van der Waals surface area contributed by atoms with Gasteiger partial charge in [-0.3, -0.25) is 4.79 Å². The van der Waals surface area contributed by atoms with Crippen molar-refractivity contribution in [2.24, 2.45) is 0 Å². The second-order valence-electron chi connectivity index (χ2n) is 4.90. The molecule has 1 N–H and O–H groups in total. The molecule has 0 aliphatic rings. The fourth-order valence-electron chi connectivity index (χ4n) is 1.67. The van der Waals surface area contributed by atoms with Crippen LogP contribution in [0.2, 0.25) is 0 Å². The minimum absolute atomic E-state index is 0.131. The number of ketones is 1. The number of benzene rings is 1. The standard InChI is InChI=1S/C14H17F3N2O2/c1-9(2)19(8-14(15,16)17)13(21)18-12-6-4-11(5-7-12)10(3)20/h4-7,9H,8H2,1-3H3,(H,18,21). The molecule has 0 spiro atoms. The van der Waals surface area contributed by atoms with Crippen molar-refractivity contribution < 1.29 is 22.8 Å². The second kappa shape index (κ2) is 6.60. The monoisotopic (exact) mass is 302 g/mol. The third kappa shape index (κ3) is 5.45. The van der Waals surface area contributed by atoms with Crippen LogP contribution in [-0.4, -0.2) is 35.5 Å². The summed E-state index contributed by atoms with van der Waals surface area (Å²) in [4.78, 5) is 23.7. The van der Waals surface area contributed by atoms with Gasteiger partial charge in [-0.25, -0.2) is 4.79 Å². The number of nitrogens with zero attached hydrogens (tertiary/aromatic N) is 1. The van der Waals surface area contributed by atoms with Crippen LogP contribution in [0.25, 0.3) is 0 Å². The Labute approximate surface area is 120 Å². The zero-order chi connectivity index (χ0) is 16.2. The molecule has 0 radical (unpaired) electrons. The first kappa shape index (κ1) is 17.0. The minimum atomic E-state index is -4.46. The van der Waals surface area contributed by atoms with E-state index >= 15 is 0 Å². The number of carbonyl (C=O) groups excluding carboxylic acids is 2. The molecule has 21 heavy (non-hydrogen) atoms. The first-order valence-electron chi connectivity index (χ1n) is 6.35. The topological polar surface area (TPSA) is 49.4 Å². The van der Waals surface area contributed by atoms with Crippen molar-refractivity contribution >= 4 is 17.5 Å². The van der Waals surface area contributed by atoms with E-state index in [2.05, 4.69) is 5.32 Å². The Morgan fingerprint density at radius 2 is 1.71 bits per heavy atom. The predicted octanol–water partition coefficient (Wildman–Crippen LogP) is 3.69. The predicted molar refractivity (Wildman–Crippen MR) is 73.4 cm³/mol. The number of rotatable bonds is 4. The zero-order valence-electron chi connectivity index (χ0n) is 12.0. The van der Waals surface area contributed by atoms with Gasteiger partial charge in [-0.2, -0.15) is 13.2 Å². The number of carbonyl (C=O) groups is 2. The molecule has 7 heteroatoms. The summed E-state index contributed by atoms with van der Waals surface area (Å²) in [5.41, 5.74) is 0.793. The summed E-state index contributed by atoms with van der Waals surface area (Å²) < 4.78 is 37.3. The van der Waals surface area contributed by atoms with Crippen molar-refractivity contribution in [2.45, 2.75) is 33.0 Å². The molecule has 116 valence electrons. The van der Waals surface area contributed by atoms with Crippen LogP contribution in [0.4, 0.5) is 23.7 Å². The molecular weight excluding hydrogens is 285 g/mol. The van der Waals surface area contributed by atoms with Crippen molar-refractivity contribution in [3.63, 3.8) is 0 Å². The lowest BCUT2D eigenvalue weighted by atomic mass is 10.1. The normalized spacial score (nSPS) is 11.4. The van der Waals surface area contributed by atoms with Gasteiger partial charge in [0.1, 0.15) is 6.54 Å². The third-order valence-electron chi connectivity index (χ3n) is 2.78. The maximum atomic E-state index is 12.4. The lowest BCUT2D eigenvalue weighted by Crippen LogP contribution is -2.45. The van der Waals surface area contributed by atoms with Gasteiger partial charge in [-0.15, -0.1) is 0 Å². The molecule has 0 aliphatic carbocycles. The van der Waals surface area contributed by atoms with Crippen LogP contribution in [0.5, 0.6) is 0 Å². The average molecular weight is 302 g/mol. The molecule has 4 nitrogen and oxygen atoms in total. The summed E-state index contributed by atoms with van der Waals surface area (Å²) in [5.74, 6) is -0.131. The lowest BCUT2D eigenvalue weighted by molar-refractivity contribution is -0.142. The fraction of sp³-hybridized carbons (Fsp3) is 0.429. The molecule has 0 heterocycles. The summed E-state index contributed by atoms with van der Waals surface area (Å²) in [6.07, 6.45) is -4.46. The SMILES string of the molecule is CC(=O)c1ccc(NC(=O)N(CC(F)(F)F)C(C)C)cc1. The van der Waals surface area contributed by atoms with E-state index in [1.807, 2.05) is 0 Å². The Morgan fingerprint density at radius 1 is 1.19 bits per heavy atom. The molecule has 0 fully saturated rings. The molecule has 0 saturated carbocycles. The zero-order valence-corrected chi connectivity index (χ0v) is 12.0. The van der Waals surface area contributed by atoms with Crippen molar-refractivity contribution in [1.82, 2.24) is 4.90 Å². The largest absolute Gasteiger partial charge is 0.406 e. The van der Waals surface area contributed by atoms with Crippen molar-refractivity contribution in [2.75, 3.05) is 11.9 Å². The highest BCUT2D eigenvalue weighted by Gasteiger charge is 2.34. The Morgan fingerprint density at radius 3 is 2.10 bits per heavy atom. The fourth-order valence-corrected chi connectivity index (χ4v) is 1.67. The number of nitrogens with one attached hydrogen (secondary N) is 1. The summed E-state index contributed by atoms with van der Waals surface area (Å²) in [7, 11) is 0. The Balaban J connectivity index is 2.79. The Hall–Kier alpha value is -2.05. The number of hydrogen-bond acceptors (Lipinski definition) is 2. The van der Waals surface area contributed by atoms with Crippen LogP contribution in [0.1, 0.15) is 31.1 Å². The highest BCUT2D eigenvalue weighted by atomic mass is 19.4. The number of alkyl halides is 3. The van der Waals surface area contributed by atoms with Crippen LogP contribution >= 0.6 is 0 Å². The first-order chi connectivity index (χ1) is 9.60. The summed E-state index contributed by atoms with van der Waals surface area (Å²) in [6, 6.07) is 4.52. The summed E-state index contributed by atoms with van der Waals surface area (Å²) in [6.45, 7) is 3.09. The number of urea groups is 1. The molecule has 1 rings (SSSR count). The maximum Gasteiger partial charge on any atom is 0.406 e. The van der Waals surface area contributed by atoms with Gasteiger partial charge in [-0.05, 0) is 45.0 Å². The molecule has 0 bridgehead atoms. The van der Waals surface area contributed by atoms with Gasteiger partial charge in [0, 0.05) is 17.3 Å². The van der Waals surface area contributed by atoms with E-state index in [1.54, 1.807) is 0 Å². The minimum Gasteiger partial charge on any atom is -0.313 e. The quantitative estimate of drug-likeness (QED) is 0.862. The van der Waals surface area contributed by atoms with Gasteiger partial charge < -0.3 is 10.2 Å². The number of halogens is 3. The van der Waals surface area contributed by atoms with E-state index < -0.39 is 24.8 Å². The van der Waals surface area contributed by atoms with Crippen LogP contribution < -0.4 is 5.32 Å². The second-order valence-corrected chi connectivity index (χ2v) is 4.90. The molecule has 0 unspecified atom stereocenters. The van der Waals surface area contributed by atoms with E-state index in [4.69, 9.17) is 0 Å². The summed E-state index contributed by atoms with van der Waals surface area (Å²) >= 11 is 0. The maximum absolute atomic E-state index is 12.4. The van der Waals surface area contributed by atoms with Crippen LogP contribution in [0.3, 0.4) is 0 Å². The third-order valence-corrected chi connectivity index (χ3v) is 2.78. The van der Waals surface area contributed by atoms with E-state index in [0.29, 0.717) is 16.2 Å².